The minimum absolute atomic E-state index is 0.00983. The van der Waals surface area contributed by atoms with Gasteiger partial charge in [0.25, 0.3) is 5.91 Å². The molecule has 2 aromatic rings. The number of benzene rings is 1. The molecule has 0 unspecified atom stereocenters. The van der Waals surface area contributed by atoms with Crippen LogP contribution in [-0.2, 0) is 35.5 Å². The monoisotopic (exact) mass is 453 g/mol. The number of carbonyl (C=O) groups excluding carboxylic acids is 2. The van der Waals surface area contributed by atoms with Crippen LogP contribution in [0.4, 0.5) is 5.69 Å². The van der Waals surface area contributed by atoms with Crippen molar-refractivity contribution in [3.8, 4) is 0 Å². The molecule has 1 aliphatic rings. The Hall–Kier alpha value is -2.34. The fourth-order valence-electron chi connectivity index (χ4n) is 2.91. The Balaban J connectivity index is 1.60. The summed E-state index contributed by atoms with van der Waals surface area (Å²) < 4.78 is 37.4. The summed E-state index contributed by atoms with van der Waals surface area (Å²) in [4.78, 5) is 28.3. The van der Waals surface area contributed by atoms with Crippen LogP contribution in [0.1, 0.15) is 16.3 Å². The third kappa shape index (κ3) is 5.63. The van der Waals surface area contributed by atoms with Gasteiger partial charge in [-0.25, -0.2) is 13.4 Å². The number of sulfonamides is 1. The molecule has 3 rings (SSSR count). The standard InChI is InChI=1S/C19H23N3O6S2/c1-13-3-4-15(9-17(13)30(25,26)22-5-7-27-8-6-22)21-18(23)11-28-19(24)10-16-12-29-14(2)20-16/h3-4,9,12H,5-8,10-11H2,1-2H3,(H,21,23). The number of aryl methyl sites for hydroxylation is 2. The average Bonchev–Trinajstić information content (AvgIpc) is 3.13. The van der Waals surface area contributed by atoms with E-state index >= 15 is 0 Å². The summed E-state index contributed by atoms with van der Waals surface area (Å²) in [6.45, 7) is 4.32. The molecule has 30 heavy (non-hydrogen) atoms. The molecule has 0 atom stereocenters. The molecule has 0 radical (unpaired) electrons. The first-order valence-corrected chi connectivity index (χ1v) is 11.6. The lowest BCUT2D eigenvalue weighted by atomic mass is 10.2. The van der Waals surface area contributed by atoms with Crippen LogP contribution in [0, 0.1) is 13.8 Å². The number of anilines is 1. The number of morpholine rings is 1. The number of esters is 1. The van der Waals surface area contributed by atoms with E-state index in [4.69, 9.17) is 9.47 Å². The minimum atomic E-state index is -3.70. The second-order valence-electron chi connectivity index (χ2n) is 6.74. The van der Waals surface area contributed by atoms with Gasteiger partial charge < -0.3 is 14.8 Å². The predicted molar refractivity (Wildman–Crippen MR) is 111 cm³/mol. The van der Waals surface area contributed by atoms with Gasteiger partial charge in [-0.2, -0.15) is 4.31 Å². The van der Waals surface area contributed by atoms with Crippen molar-refractivity contribution in [3.05, 3.63) is 39.8 Å². The number of nitrogens with zero attached hydrogens (tertiary/aromatic N) is 2. The van der Waals surface area contributed by atoms with Crippen molar-refractivity contribution in [2.75, 3.05) is 38.2 Å². The van der Waals surface area contributed by atoms with E-state index in [2.05, 4.69) is 10.3 Å². The number of aromatic nitrogens is 1. The van der Waals surface area contributed by atoms with Gasteiger partial charge in [-0.05, 0) is 31.5 Å². The highest BCUT2D eigenvalue weighted by atomic mass is 32.2. The van der Waals surface area contributed by atoms with Crippen molar-refractivity contribution >= 4 is 38.9 Å². The number of nitrogens with one attached hydrogen (secondary N) is 1. The number of amides is 1. The molecule has 0 spiro atoms. The molecule has 1 fully saturated rings. The molecule has 9 nitrogen and oxygen atoms in total. The topological polar surface area (TPSA) is 115 Å². The van der Waals surface area contributed by atoms with E-state index in [1.54, 1.807) is 24.4 Å². The van der Waals surface area contributed by atoms with Gasteiger partial charge in [-0.15, -0.1) is 11.3 Å². The first kappa shape index (κ1) is 22.3. The summed E-state index contributed by atoms with van der Waals surface area (Å²) in [5.41, 5.74) is 1.48. The van der Waals surface area contributed by atoms with Crippen LogP contribution >= 0.6 is 11.3 Å². The molecule has 0 aliphatic carbocycles. The molecule has 162 valence electrons. The zero-order valence-electron chi connectivity index (χ0n) is 16.7. The number of rotatable bonds is 7. The lowest BCUT2D eigenvalue weighted by Crippen LogP contribution is -2.40. The van der Waals surface area contributed by atoms with Crippen molar-refractivity contribution in [3.63, 3.8) is 0 Å². The zero-order chi connectivity index (χ0) is 21.7. The van der Waals surface area contributed by atoms with Gasteiger partial charge in [0, 0.05) is 24.2 Å². The van der Waals surface area contributed by atoms with Gasteiger partial charge in [0.2, 0.25) is 10.0 Å². The Morgan fingerprint density at radius 1 is 1.27 bits per heavy atom. The molecule has 1 aliphatic heterocycles. The van der Waals surface area contributed by atoms with Gasteiger partial charge in [0.15, 0.2) is 6.61 Å². The highest BCUT2D eigenvalue weighted by molar-refractivity contribution is 7.89. The molecule has 1 aromatic carbocycles. The minimum Gasteiger partial charge on any atom is -0.455 e. The molecule has 0 bridgehead atoms. The van der Waals surface area contributed by atoms with Gasteiger partial charge >= 0.3 is 5.97 Å². The molecule has 1 amide bonds. The van der Waals surface area contributed by atoms with Gasteiger partial charge in [-0.3, -0.25) is 9.59 Å². The van der Waals surface area contributed by atoms with Crippen LogP contribution in [0.2, 0.25) is 0 Å². The van der Waals surface area contributed by atoms with Crippen LogP contribution in [0.3, 0.4) is 0 Å². The first-order valence-electron chi connectivity index (χ1n) is 9.31. The molecule has 0 saturated carbocycles. The van der Waals surface area contributed by atoms with E-state index in [0.717, 1.165) is 5.01 Å². The van der Waals surface area contributed by atoms with E-state index in [0.29, 0.717) is 30.2 Å². The molecule has 1 aromatic heterocycles. The second kappa shape index (κ2) is 9.65. The van der Waals surface area contributed by atoms with E-state index in [9.17, 15) is 18.0 Å². The van der Waals surface area contributed by atoms with Crippen molar-refractivity contribution in [2.45, 2.75) is 25.2 Å². The summed E-state index contributed by atoms with van der Waals surface area (Å²) in [7, 11) is -3.70. The van der Waals surface area contributed by atoms with Crippen LogP contribution in [0.25, 0.3) is 0 Å². The normalized spacial score (nSPS) is 15.0. The van der Waals surface area contributed by atoms with Crippen LogP contribution in [-0.4, -0.2) is 62.5 Å². The Kier molecular flexibility index (Phi) is 7.19. The summed E-state index contributed by atoms with van der Waals surface area (Å²) >= 11 is 1.43. The zero-order valence-corrected chi connectivity index (χ0v) is 18.3. The summed E-state index contributed by atoms with van der Waals surface area (Å²) in [5.74, 6) is -1.12. The van der Waals surface area contributed by atoms with Crippen molar-refractivity contribution in [2.24, 2.45) is 0 Å². The number of carbonyl (C=O) groups is 2. The van der Waals surface area contributed by atoms with Crippen LogP contribution in [0.5, 0.6) is 0 Å². The van der Waals surface area contributed by atoms with E-state index < -0.39 is 28.5 Å². The Morgan fingerprint density at radius 2 is 2.00 bits per heavy atom. The van der Waals surface area contributed by atoms with Crippen LogP contribution in [0.15, 0.2) is 28.5 Å². The highest BCUT2D eigenvalue weighted by Crippen LogP contribution is 2.24. The fourth-order valence-corrected chi connectivity index (χ4v) is 5.18. The summed E-state index contributed by atoms with van der Waals surface area (Å²) in [6, 6.07) is 4.64. The highest BCUT2D eigenvalue weighted by Gasteiger charge is 2.28. The quantitative estimate of drug-likeness (QED) is 0.632. The second-order valence-corrected chi connectivity index (χ2v) is 9.71. The average molecular weight is 454 g/mol. The third-order valence-corrected chi connectivity index (χ3v) is 7.28. The largest absolute Gasteiger partial charge is 0.455 e. The predicted octanol–water partition coefficient (Wildman–Crippen LogP) is 1.51. The molecule has 2 heterocycles. The van der Waals surface area contributed by atoms with Gasteiger partial charge in [0.1, 0.15) is 0 Å². The first-order chi connectivity index (χ1) is 14.3. The number of thiazole rings is 1. The SMILES string of the molecule is Cc1nc(CC(=O)OCC(=O)Nc2ccc(C)c(S(=O)(=O)N3CCOCC3)c2)cs1. The maximum Gasteiger partial charge on any atom is 0.312 e. The van der Waals surface area contributed by atoms with Crippen molar-refractivity contribution in [1.29, 1.82) is 0 Å². The Morgan fingerprint density at radius 3 is 2.67 bits per heavy atom. The lowest BCUT2D eigenvalue weighted by molar-refractivity contribution is -0.146. The smallest absolute Gasteiger partial charge is 0.312 e. The van der Waals surface area contributed by atoms with Crippen molar-refractivity contribution in [1.82, 2.24) is 9.29 Å². The summed E-state index contributed by atoms with van der Waals surface area (Å²) in [5, 5.41) is 5.18. The number of ether oxygens (including phenoxy) is 2. The van der Waals surface area contributed by atoms with Crippen molar-refractivity contribution < 1.29 is 27.5 Å². The van der Waals surface area contributed by atoms with E-state index in [1.807, 2.05) is 6.92 Å². The van der Waals surface area contributed by atoms with Gasteiger partial charge in [-0.1, -0.05) is 6.07 Å². The number of hydrogen-bond donors (Lipinski definition) is 1. The fraction of sp³-hybridized carbons (Fsp3) is 0.421. The van der Waals surface area contributed by atoms with Crippen LogP contribution < -0.4 is 5.32 Å². The Bertz CT molecular complexity index is 1030. The third-order valence-electron chi connectivity index (χ3n) is 4.42. The van der Waals surface area contributed by atoms with E-state index in [1.165, 1.54) is 21.7 Å². The molecular weight excluding hydrogens is 430 g/mol. The molecule has 1 saturated heterocycles. The molecule has 11 heteroatoms. The lowest BCUT2D eigenvalue weighted by Gasteiger charge is -2.26. The van der Waals surface area contributed by atoms with Gasteiger partial charge in [0.05, 0.1) is 35.2 Å². The number of hydrogen-bond acceptors (Lipinski definition) is 8. The molecule has 1 N–H and O–H groups in total. The summed E-state index contributed by atoms with van der Waals surface area (Å²) in [6.07, 6.45) is -0.00983. The van der Waals surface area contributed by atoms with E-state index in [-0.39, 0.29) is 24.4 Å². The Labute approximate surface area is 179 Å². The molecular formula is C19H23N3O6S2. The maximum atomic E-state index is 12.9. The maximum absolute atomic E-state index is 12.9.